The van der Waals surface area contributed by atoms with Crippen LogP contribution in [0.3, 0.4) is 0 Å². The number of benzene rings is 2. The predicted molar refractivity (Wildman–Crippen MR) is 121 cm³/mol. The maximum atomic E-state index is 12.7. The van der Waals surface area contributed by atoms with E-state index in [2.05, 4.69) is 19.8 Å². The van der Waals surface area contributed by atoms with E-state index < -0.39 is 26.0 Å². The van der Waals surface area contributed by atoms with Crippen molar-refractivity contribution in [3.05, 3.63) is 53.1 Å². The summed E-state index contributed by atoms with van der Waals surface area (Å²) >= 11 is 6.06. The topological polar surface area (TPSA) is 134 Å². The number of amides is 1. The van der Waals surface area contributed by atoms with Crippen molar-refractivity contribution in [1.82, 2.24) is 9.44 Å². The Hall–Kier alpha value is -2.47. The monoisotopic (exact) mass is 496 g/mol. The summed E-state index contributed by atoms with van der Waals surface area (Å²) in [6.07, 6.45) is 2.88. The average Bonchev–Trinajstić information content (AvgIpc) is 3.39. The normalized spacial score (nSPS) is 16.5. The van der Waals surface area contributed by atoms with E-state index in [0.29, 0.717) is 18.8 Å². The van der Waals surface area contributed by atoms with Gasteiger partial charge < -0.3 is 5.32 Å². The second kappa shape index (κ2) is 8.81. The van der Waals surface area contributed by atoms with Gasteiger partial charge in [-0.15, -0.1) is 0 Å². The Morgan fingerprint density at radius 3 is 2.50 bits per heavy atom. The molecule has 2 aromatic carbocycles. The lowest BCUT2D eigenvalue weighted by Gasteiger charge is -2.12. The van der Waals surface area contributed by atoms with Crippen molar-refractivity contribution in [2.75, 3.05) is 11.9 Å². The first-order valence-electron chi connectivity index (χ1n) is 9.93. The molecule has 2 aromatic rings. The molecule has 4 rings (SSSR count). The third-order valence-electron chi connectivity index (χ3n) is 4.91. The van der Waals surface area contributed by atoms with Gasteiger partial charge in [0.15, 0.2) is 0 Å². The van der Waals surface area contributed by atoms with E-state index >= 15 is 0 Å². The molecule has 32 heavy (non-hydrogen) atoms. The molecular weight excluding hydrogens is 476 g/mol. The highest BCUT2D eigenvalue weighted by Crippen LogP contribution is 2.27. The summed E-state index contributed by atoms with van der Waals surface area (Å²) in [7, 11) is -7.70. The summed E-state index contributed by atoms with van der Waals surface area (Å²) in [5.41, 5.74) is 0.305. The van der Waals surface area contributed by atoms with Crippen LogP contribution in [0.5, 0.6) is 0 Å². The molecule has 1 aliphatic carbocycles. The minimum absolute atomic E-state index is 0.00342. The average molecular weight is 497 g/mol. The van der Waals surface area contributed by atoms with Gasteiger partial charge in [0.1, 0.15) is 10.7 Å². The molecule has 0 unspecified atom stereocenters. The largest absolute Gasteiger partial charge is 0.322 e. The molecule has 0 atom stereocenters. The maximum Gasteiger partial charge on any atom is 0.262 e. The molecule has 9 nitrogen and oxygen atoms in total. The van der Waals surface area contributed by atoms with Crippen molar-refractivity contribution in [1.29, 1.82) is 0 Å². The molecule has 0 bridgehead atoms. The second-order valence-corrected chi connectivity index (χ2v) is 11.3. The Balaban J connectivity index is 1.53. The number of rotatable bonds is 7. The van der Waals surface area contributed by atoms with Crippen molar-refractivity contribution in [3.8, 4) is 0 Å². The number of hydrogen-bond donors (Lipinski definition) is 3. The summed E-state index contributed by atoms with van der Waals surface area (Å²) in [5.74, 6) is -0.193. The minimum Gasteiger partial charge on any atom is -0.322 e. The first kappa shape index (κ1) is 22.7. The van der Waals surface area contributed by atoms with Crippen LogP contribution in [0.2, 0.25) is 5.02 Å². The number of amidine groups is 1. The van der Waals surface area contributed by atoms with Gasteiger partial charge in [0.05, 0.1) is 9.92 Å². The zero-order valence-electron chi connectivity index (χ0n) is 16.8. The van der Waals surface area contributed by atoms with Crippen LogP contribution in [0.25, 0.3) is 0 Å². The molecule has 0 spiro atoms. The Morgan fingerprint density at radius 1 is 1.03 bits per heavy atom. The third kappa shape index (κ3) is 5.29. The molecule has 1 fully saturated rings. The van der Waals surface area contributed by atoms with E-state index in [1.165, 1.54) is 42.5 Å². The zero-order valence-corrected chi connectivity index (χ0v) is 19.2. The van der Waals surface area contributed by atoms with Crippen LogP contribution in [0.1, 0.15) is 36.0 Å². The Labute approximate surface area is 191 Å². The van der Waals surface area contributed by atoms with Gasteiger partial charge in [-0.05, 0) is 55.7 Å². The first-order valence-corrected chi connectivity index (χ1v) is 13.3. The molecule has 1 saturated carbocycles. The summed E-state index contributed by atoms with van der Waals surface area (Å²) in [6.45, 7) is 0.586. The van der Waals surface area contributed by atoms with Crippen LogP contribution in [-0.2, 0) is 20.0 Å². The lowest BCUT2D eigenvalue weighted by Crippen LogP contribution is -2.29. The highest BCUT2D eigenvalue weighted by molar-refractivity contribution is 7.90. The SMILES string of the molecule is O=C(Nc1cccc(S(=O)(=O)NC2=NCCC2)c1)c1ccc(Cl)c(S(=O)(=O)NC2CC2)c1. The highest BCUT2D eigenvalue weighted by atomic mass is 35.5. The van der Waals surface area contributed by atoms with Crippen molar-refractivity contribution in [3.63, 3.8) is 0 Å². The van der Waals surface area contributed by atoms with E-state index in [0.717, 1.165) is 19.3 Å². The van der Waals surface area contributed by atoms with Gasteiger partial charge in [0.25, 0.3) is 15.9 Å². The van der Waals surface area contributed by atoms with E-state index in [-0.39, 0.29) is 32.1 Å². The summed E-state index contributed by atoms with van der Waals surface area (Å²) < 4.78 is 55.2. The van der Waals surface area contributed by atoms with Crippen LogP contribution < -0.4 is 14.8 Å². The Morgan fingerprint density at radius 2 is 1.81 bits per heavy atom. The molecule has 1 aliphatic heterocycles. The van der Waals surface area contributed by atoms with Gasteiger partial charge in [-0.3, -0.25) is 14.5 Å². The number of hydrogen-bond acceptors (Lipinski definition) is 6. The summed E-state index contributed by atoms with van der Waals surface area (Å²) in [4.78, 5) is 16.6. The summed E-state index contributed by atoms with van der Waals surface area (Å²) in [6, 6.07) is 9.58. The lowest BCUT2D eigenvalue weighted by atomic mass is 10.2. The third-order valence-corrected chi connectivity index (χ3v) is 8.29. The maximum absolute atomic E-state index is 12.7. The van der Waals surface area contributed by atoms with Gasteiger partial charge in [0.2, 0.25) is 10.0 Å². The number of nitrogens with one attached hydrogen (secondary N) is 3. The first-order chi connectivity index (χ1) is 15.1. The zero-order chi connectivity index (χ0) is 22.9. The lowest BCUT2D eigenvalue weighted by molar-refractivity contribution is 0.102. The van der Waals surface area contributed by atoms with Crippen LogP contribution in [-0.4, -0.2) is 41.2 Å². The standard InChI is InChI=1S/C20H21ClN4O5S2/c21-17-9-6-13(11-18(17)32(29,30)24-14-7-8-14)20(26)23-15-3-1-4-16(12-15)31(27,28)25-19-5-2-10-22-19/h1,3-4,6,9,11-12,14,24H,2,5,7-8,10H2,(H,22,25)(H,23,26). The van der Waals surface area contributed by atoms with Crippen molar-refractivity contribution in [2.45, 2.75) is 41.5 Å². The number of nitrogens with zero attached hydrogens (tertiary/aromatic N) is 1. The molecule has 1 amide bonds. The van der Waals surface area contributed by atoms with E-state index in [1.807, 2.05) is 0 Å². The number of carbonyl (C=O) groups is 1. The van der Waals surface area contributed by atoms with Gasteiger partial charge in [-0.25, -0.2) is 21.6 Å². The quantitative estimate of drug-likeness (QED) is 0.541. The molecular formula is C20H21ClN4O5S2. The fourth-order valence-electron chi connectivity index (χ4n) is 3.12. The molecule has 1 heterocycles. The smallest absolute Gasteiger partial charge is 0.262 e. The second-order valence-electron chi connectivity index (χ2n) is 7.56. The van der Waals surface area contributed by atoms with Crippen LogP contribution in [0.4, 0.5) is 5.69 Å². The van der Waals surface area contributed by atoms with Crippen molar-refractivity contribution >= 4 is 49.1 Å². The molecule has 2 aliphatic rings. The predicted octanol–water partition coefficient (Wildman–Crippen LogP) is 2.50. The number of carbonyl (C=O) groups excluding carboxylic acids is 1. The number of halogens is 1. The summed E-state index contributed by atoms with van der Waals surface area (Å²) in [5, 5.41) is 2.60. The number of anilines is 1. The molecule has 0 radical (unpaired) electrons. The van der Waals surface area contributed by atoms with Crippen LogP contribution >= 0.6 is 11.6 Å². The van der Waals surface area contributed by atoms with E-state index in [1.54, 1.807) is 0 Å². The fraction of sp³-hybridized carbons (Fsp3) is 0.300. The highest BCUT2D eigenvalue weighted by Gasteiger charge is 2.29. The van der Waals surface area contributed by atoms with E-state index in [4.69, 9.17) is 11.6 Å². The van der Waals surface area contributed by atoms with Crippen LogP contribution in [0, 0.1) is 0 Å². The molecule has 0 aromatic heterocycles. The molecule has 170 valence electrons. The van der Waals surface area contributed by atoms with Crippen molar-refractivity contribution < 1.29 is 21.6 Å². The molecule has 12 heteroatoms. The van der Waals surface area contributed by atoms with Gasteiger partial charge in [-0.2, -0.15) is 0 Å². The van der Waals surface area contributed by atoms with Crippen LogP contribution in [0.15, 0.2) is 57.2 Å². The number of sulfonamides is 2. The minimum atomic E-state index is -3.85. The van der Waals surface area contributed by atoms with Gasteiger partial charge >= 0.3 is 0 Å². The van der Waals surface area contributed by atoms with Gasteiger partial charge in [-0.1, -0.05) is 17.7 Å². The number of aliphatic imine (C=N–C) groups is 1. The van der Waals surface area contributed by atoms with Crippen molar-refractivity contribution in [2.24, 2.45) is 4.99 Å². The molecule has 0 saturated heterocycles. The van der Waals surface area contributed by atoms with E-state index in [9.17, 15) is 21.6 Å². The fourth-order valence-corrected chi connectivity index (χ4v) is 6.08. The Bertz CT molecular complexity index is 1310. The Kier molecular flexibility index (Phi) is 6.26. The van der Waals surface area contributed by atoms with Gasteiger partial charge in [0, 0.05) is 30.3 Å². The molecule has 3 N–H and O–H groups in total.